The van der Waals surface area contributed by atoms with Crippen LogP contribution in [0.3, 0.4) is 0 Å². The molecule has 0 saturated carbocycles. The van der Waals surface area contributed by atoms with E-state index in [1.807, 2.05) is 0 Å². The van der Waals surface area contributed by atoms with Crippen LogP contribution in [0.4, 0.5) is 4.39 Å². The number of ether oxygens (including phenoxy) is 1. The highest BCUT2D eigenvalue weighted by Crippen LogP contribution is 2.21. The molecule has 0 aromatic heterocycles. The van der Waals surface area contributed by atoms with Crippen LogP contribution in [0.25, 0.3) is 0 Å². The number of nitrogens with one attached hydrogen (secondary N) is 1. The lowest BCUT2D eigenvalue weighted by Gasteiger charge is -2.32. The molecule has 0 aliphatic carbocycles. The Kier molecular flexibility index (Phi) is 4.37. The minimum absolute atomic E-state index is 0.141. The van der Waals surface area contributed by atoms with Gasteiger partial charge in [0.05, 0.1) is 0 Å². The highest BCUT2D eigenvalue weighted by Gasteiger charge is 2.19. The van der Waals surface area contributed by atoms with Crippen LogP contribution in [-0.4, -0.2) is 37.0 Å². The van der Waals surface area contributed by atoms with Gasteiger partial charge in [-0.25, -0.2) is 4.39 Å². The maximum Gasteiger partial charge on any atom is 0.165 e. The van der Waals surface area contributed by atoms with Crippen molar-refractivity contribution in [2.75, 3.05) is 20.2 Å². The van der Waals surface area contributed by atoms with Crippen molar-refractivity contribution < 1.29 is 9.13 Å². The smallest absolute Gasteiger partial charge is 0.165 e. The Hall–Kier alpha value is -1.62. The molecule has 1 atom stereocenters. The van der Waals surface area contributed by atoms with Crippen LogP contribution in [0.15, 0.2) is 18.2 Å². The number of rotatable bonds is 4. The number of piperidine rings is 1. The fourth-order valence-electron chi connectivity index (χ4n) is 2.33. The van der Waals surface area contributed by atoms with E-state index in [1.165, 1.54) is 25.0 Å². The first kappa shape index (κ1) is 13.8. The standard InChI is InChI=1S/C14H20FN3O/c1-18-7-3-2-4-11(18)9-19-13-6-5-10(14(16)17)8-12(13)15/h5-6,8,11H,2-4,7,9H2,1H3,(H3,16,17). The Morgan fingerprint density at radius 1 is 1.53 bits per heavy atom. The molecule has 0 radical (unpaired) electrons. The number of amidine groups is 1. The summed E-state index contributed by atoms with van der Waals surface area (Å²) in [6.45, 7) is 1.56. The lowest BCUT2D eigenvalue weighted by atomic mass is 10.0. The van der Waals surface area contributed by atoms with Crippen molar-refractivity contribution >= 4 is 5.84 Å². The van der Waals surface area contributed by atoms with Gasteiger partial charge in [0.15, 0.2) is 11.6 Å². The number of nitrogens with two attached hydrogens (primary N) is 1. The number of hydrogen-bond donors (Lipinski definition) is 2. The van der Waals surface area contributed by atoms with E-state index >= 15 is 0 Å². The molecule has 1 aliphatic heterocycles. The minimum atomic E-state index is -0.467. The van der Waals surface area contributed by atoms with E-state index < -0.39 is 5.82 Å². The molecule has 1 heterocycles. The quantitative estimate of drug-likeness (QED) is 0.646. The molecule has 19 heavy (non-hydrogen) atoms. The van der Waals surface area contributed by atoms with Crippen LogP contribution < -0.4 is 10.5 Å². The van der Waals surface area contributed by atoms with Gasteiger partial charge in [-0.1, -0.05) is 6.42 Å². The average molecular weight is 265 g/mol. The van der Waals surface area contributed by atoms with Crippen LogP contribution in [0.2, 0.25) is 0 Å². The summed E-state index contributed by atoms with van der Waals surface area (Å²) < 4.78 is 19.3. The lowest BCUT2D eigenvalue weighted by Crippen LogP contribution is -2.40. The summed E-state index contributed by atoms with van der Waals surface area (Å²) in [5.74, 6) is -0.382. The largest absolute Gasteiger partial charge is 0.489 e. The van der Waals surface area contributed by atoms with Crippen molar-refractivity contribution in [1.82, 2.24) is 4.90 Å². The normalized spacial score (nSPS) is 20.2. The topological polar surface area (TPSA) is 62.3 Å². The molecule has 0 amide bonds. The van der Waals surface area contributed by atoms with Crippen molar-refractivity contribution in [1.29, 1.82) is 5.41 Å². The molecular weight excluding hydrogens is 245 g/mol. The van der Waals surface area contributed by atoms with Gasteiger partial charge in [0.1, 0.15) is 12.4 Å². The van der Waals surface area contributed by atoms with E-state index in [2.05, 4.69) is 11.9 Å². The summed E-state index contributed by atoms with van der Waals surface area (Å²) in [6.07, 6.45) is 3.50. The molecule has 3 N–H and O–H groups in total. The predicted molar refractivity (Wildman–Crippen MR) is 73.2 cm³/mol. The van der Waals surface area contributed by atoms with Crippen molar-refractivity contribution in [2.45, 2.75) is 25.3 Å². The molecule has 1 aliphatic rings. The maximum atomic E-state index is 13.8. The van der Waals surface area contributed by atoms with Gasteiger partial charge in [-0.05, 0) is 44.6 Å². The summed E-state index contributed by atoms with van der Waals surface area (Å²) in [4.78, 5) is 2.26. The van der Waals surface area contributed by atoms with Crippen molar-refractivity contribution in [3.8, 4) is 5.75 Å². The molecule has 104 valence electrons. The average Bonchev–Trinajstić information content (AvgIpc) is 2.39. The Balaban J connectivity index is 1.97. The summed E-state index contributed by atoms with van der Waals surface area (Å²) in [6, 6.07) is 4.73. The molecule has 5 heteroatoms. The fourth-order valence-corrected chi connectivity index (χ4v) is 2.33. The second-order valence-electron chi connectivity index (χ2n) is 5.00. The monoisotopic (exact) mass is 265 g/mol. The first-order valence-corrected chi connectivity index (χ1v) is 6.55. The van der Waals surface area contributed by atoms with Crippen LogP contribution in [-0.2, 0) is 0 Å². The Morgan fingerprint density at radius 3 is 2.95 bits per heavy atom. The van der Waals surface area contributed by atoms with E-state index in [1.54, 1.807) is 6.07 Å². The Morgan fingerprint density at radius 2 is 2.32 bits per heavy atom. The van der Waals surface area contributed by atoms with Gasteiger partial charge in [-0.2, -0.15) is 0 Å². The van der Waals surface area contributed by atoms with Crippen LogP contribution >= 0.6 is 0 Å². The molecule has 1 fully saturated rings. The summed E-state index contributed by atoms with van der Waals surface area (Å²) in [5.41, 5.74) is 5.69. The third-order valence-electron chi connectivity index (χ3n) is 3.60. The van der Waals surface area contributed by atoms with E-state index in [9.17, 15) is 4.39 Å². The second kappa shape index (κ2) is 6.02. The predicted octanol–water partition coefficient (Wildman–Crippen LogP) is 1.97. The van der Waals surface area contributed by atoms with E-state index in [0.29, 0.717) is 18.2 Å². The zero-order valence-corrected chi connectivity index (χ0v) is 11.2. The number of halogens is 1. The SMILES string of the molecule is CN1CCCCC1COc1ccc(C(=N)N)cc1F. The molecule has 1 aromatic carbocycles. The number of hydrogen-bond acceptors (Lipinski definition) is 3. The number of nitrogen functional groups attached to an aromatic ring is 1. The van der Waals surface area contributed by atoms with E-state index in [0.717, 1.165) is 13.0 Å². The molecule has 4 nitrogen and oxygen atoms in total. The maximum absolute atomic E-state index is 13.8. The summed E-state index contributed by atoms with van der Waals surface area (Å²) in [7, 11) is 2.07. The van der Waals surface area contributed by atoms with Gasteiger partial charge in [0.25, 0.3) is 0 Å². The summed E-state index contributed by atoms with van der Waals surface area (Å²) >= 11 is 0. The van der Waals surface area contributed by atoms with E-state index in [4.69, 9.17) is 15.9 Å². The molecule has 0 bridgehead atoms. The molecule has 1 unspecified atom stereocenters. The zero-order valence-electron chi connectivity index (χ0n) is 11.2. The number of benzene rings is 1. The van der Waals surface area contributed by atoms with Gasteiger partial charge in [-0.3, -0.25) is 5.41 Å². The molecule has 1 aromatic rings. The highest BCUT2D eigenvalue weighted by atomic mass is 19.1. The van der Waals surface area contributed by atoms with Gasteiger partial charge in [0.2, 0.25) is 0 Å². The first-order valence-electron chi connectivity index (χ1n) is 6.55. The molecule has 2 rings (SSSR count). The van der Waals surface area contributed by atoms with Crippen LogP contribution in [0.5, 0.6) is 5.75 Å². The highest BCUT2D eigenvalue weighted by molar-refractivity contribution is 5.95. The molecule has 1 saturated heterocycles. The number of likely N-dealkylation sites (tertiary alicyclic amines) is 1. The number of nitrogens with zero attached hydrogens (tertiary/aromatic N) is 1. The third kappa shape index (κ3) is 3.44. The number of likely N-dealkylation sites (N-methyl/N-ethyl adjacent to an activating group) is 1. The van der Waals surface area contributed by atoms with Crippen molar-refractivity contribution in [3.05, 3.63) is 29.6 Å². The van der Waals surface area contributed by atoms with Crippen molar-refractivity contribution in [3.63, 3.8) is 0 Å². The molecule has 0 spiro atoms. The van der Waals surface area contributed by atoms with Gasteiger partial charge < -0.3 is 15.4 Å². The van der Waals surface area contributed by atoms with Crippen LogP contribution in [0, 0.1) is 11.2 Å². The lowest BCUT2D eigenvalue weighted by molar-refractivity contribution is 0.123. The molecular formula is C14H20FN3O. The van der Waals surface area contributed by atoms with Gasteiger partial charge in [0, 0.05) is 11.6 Å². The minimum Gasteiger partial charge on any atom is -0.489 e. The van der Waals surface area contributed by atoms with Crippen LogP contribution in [0.1, 0.15) is 24.8 Å². The Bertz CT molecular complexity index is 464. The first-order chi connectivity index (χ1) is 9.08. The zero-order chi connectivity index (χ0) is 13.8. The fraction of sp³-hybridized carbons (Fsp3) is 0.500. The van der Waals surface area contributed by atoms with Gasteiger partial charge >= 0.3 is 0 Å². The summed E-state index contributed by atoms with van der Waals surface area (Å²) in [5, 5.41) is 7.25. The van der Waals surface area contributed by atoms with Crippen molar-refractivity contribution in [2.24, 2.45) is 5.73 Å². The van der Waals surface area contributed by atoms with Gasteiger partial charge in [-0.15, -0.1) is 0 Å². The Labute approximate surface area is 112 Å². The third-order valence-corrected chi connectivity index (χ3v) is 3.60. The second-order valence-corrected chi connectivity index (χ2v) is 5.00. The van der Waals surface area contributed by atoms with E-state index in [-0.39, 0.29) is 11.6 Å².